The van der Waals surface area contributed by atoms with Gasteiger partial charge in [-0.2, -0.15) is 0 Å². The van der Waals surface area contributed by atoms with E-state index in [9.17, 15) is 9.59 Å². The van der Waals surface area contributed by atoms with Gasteiger partial charge in [-0.15, -0.1) is 0 Å². The highest BCUT2D eigenvalue weighted by Crippen LogP contribution is 2.35. The summed E-state index contributed by atoms with van der Waals surface area (Å²) in [5, 5.41) is 5.59. The summed E-state index contributed by atoms with van der Waals surface area (Å²) in [6, 6.07) is 5.06. The van der Waals surface area contributed by atoms with E-state index in [0.717, 1.165) is 36.6 Å². The van der Waals surface area contributed by atoms with Crippen LogP contribution in [0.3, 0.4) is 0 Å². The lowest BCUT2D eigenvalue weighted by Crippen LogP contribution is -2.53. The molecule has 33 heavy (non-hydrogen) atoms. The van der Waals surface area contributed by atoms with Gasteiger partial charge in [-0.25, -0.2) is 4.98 Å². The third kappa shape index (κ3) is 4.68. The molecule has 0 spiro atoms. The van der Waals surface area contributed by atoms with Crippen LogP contribution in [0.15, 0.2) is 18.2 Å². The third-order valence-electron chi connectivity index (χ3n) is 6.08. The molecule has 178 valence electrons. The van der Waals surface area contributed by atoms with Crippen LogP contribution in [0.1, 0.15) is 43.4 Å². The Balaban J connectivity index is 1.75. The lowest BCUT2D eigenvalue weighted by molar-refractivity contribution is -0.124. The molecule has 0 bridgehead atoms. The predicted molar refractivity (Wildman–Crippen MR) is 124 cm³/mol. The summed E-state index contributed by atoms with van der Waals surface area (Å²) in [5.41, 5.74) is 1.61. The molecule has 1 unspecified atom stereocenters. The number of benzene rings is 1. The molecule has 2 aliphatic heterocycles. The largest absolute Gasteiger partial charge is 0.486 e. The van der Waals surface area contributed by atoms with Gasteiger partial charge < -0.3 is 29.6 Å². The second kappa shape index (κ2) is 9.05. The average Bonchev–Trinajstić information content (AvgIpc) is 3.02. The van der Waals surface area contributed by atoms with Crippen molar-refractivity contribution in [3.05, 3.63) is 29.6 Å². The maximum absolute atomic E-state index is 13.5. The number of fused-ring (bicyclic) bond motifs is 2. The SMILES string of the molecule is CNC(=O)C(NC(=O)c1nc(-c2ccc3c(c2)OCCO3)n2c1CN(C)CCC2)C(C)(C)C. The van der Waals surface area contributed by atoms with E-state index < -0.39 is 11.5 Å². The molecule has 0 aliphatic carbocycles. The number of rotatable bonds is 4. The van der Waals surface area contributed by atoms with E-state index in [2.05, 4.69) is 20.1 Å². The Morgan fingerprint density at radius 1 is 1.12 bits per heavy atom. The second-order valence-electron chi connectivity index (χ2n) is 9.72. The molecule has 0 saturated carbocycles. The fourth-order valence-corrected chi connectivity index (χ4v) is 4.32. The van der Waals surface area contributed by atoms with Gasteiger partial charge in [-0.3, -0.25) is 9.59 Å². The maximum atomic E-state index is 13.5. The van der Waals surface area contributed by atoms with E-state index >= 15 is 0 Å². The van der Waals surface area contributed by atoms with Crippen LogP contribution in [0, 0.1) is 5.41 Å². The Bertz CT molecular complexity index is 1060. The number of nitrogens with one attached hydrogen (secondary N) is 2. The number of likely N-dealkylation sites (N-methyl/N-ethyl adjacent to an activating group) is 1. The molecule has 1 aromatic heterocycles. The maximum Gasteiger partial charge on any atom is 0.272 e. The molecule has 1 atom stereocenters. The zero-order valence-corrected chi connectivity index (χ0v) is 20.0. The number of carbonyl (C=O) groups excluding carboxylic acids is 2. The minimum Gasteiger partial charge on any atom is -0.486 e. The lowest BCUT2D eigenvalue weighted by atomic mass is 9.86. The first-order chi connectivity index (χ1) is 15.7. The van der Waals surface area contributed by atoms with Gasteiger partial charge in [0.15, 0.2) is 17.2 Å². The van der Waals surface area contributed by atoms with E-state index in [0.29, 0.717) is 37.0 Å². The first kappa shape index (κ1) is 23.1. The van der Waals surface area contributed by atoms with Gasteiger partial charge in [0.2, 0.25) is 5.91 Å². The van der Waals surface area contributed by atoms with Crippen LogP contribution < -0.4 is 20.1 Å². The Kier molecular flexibility index (Phi) is 6.34. The van der Waals surface area contributed by atoms with Crippen LogP contribution in [-0.2, 0) is 17.9 Å². The molecule has 2 aliphatic rings. The summed E-state index contributed by atoms with van der Waals surface area (Å²) in [6.45, 7) is 9.08. The fourth-order valence-electron chi connectivity index (χ4n) is 4.32. The van der Waals surface area contributed by atoms with Gasteiger partial charge in [0.25, 0.3) is 5.91 Å². The van der Waals surface area contributed by atoms with Crippen LogP contribution in [0.5, 0.6) is 11.5 Å². The number of ether oxygens (including phenoxy) is 2. The zero-order valence-electron chi connectivity index (χ0n) is 20.0. The van der Waals surface area contributed by atoms with Crippen molar-refractivity contribution in [3.63, 3.8) is 0 Å². The van der Waals surface area contributed by atoms with Gasteiger partial charge in [-0.1, -0.05) is 20.8 Å². The molecule has 0 saturated heterocycles. The van der Waals surface area contributed by atoms with Gasteiger partial charge in [0.05, 0.1) is 5.69 Å². The summed E-state index contributed by atoms with van der Waals surface area (Å²) in [6.07, 6.45) is 0.946. The predicted octanol–water partition coefficient (Wildman–Crippen LogP) is 2.05. The van der Waals surface area contributed by atoms with Crippen molar-refractivity contribution in [1.82, 2.24) is 25.1 Å². The van der Waals surface area contributed by atoms with Crippen LogP contribution in [-0.4, -0.2) is 66.2 Å². The highest BCUT2D eigenvalue weighted by molar-refractivity contribution is 5.98. The van der Waals surface area contributed by atoms with Crippen molar-refractivity contribution in [2.45, 2.75) is 46.3 Å². The summed E-state index contributed by atoms with van der Waals surface area (Å²) >= 11 is 0. The standard InChI is InChI=1S/C24H33N5O4/c1-24(2,3)20(23(31)25-4)27-22(30)19-16-14-28(5)9-6-10-29(16)21(26-19)15-7-8-17-18(13-15)33-12-11-32-17/h7-8,13,20H,6,9-12,14H2,1-5H3,(H,25,31)(H,27,30). The van der Waals surface area contributed by atoms with Crippen molar-refractivity contribution in [1.29, 1.82) is 0 Å². The molecule has 9 heteroatoms. The van der Waals surface area contributed by atoms with Crippen molar-refractivity contribution >= 4 is 11.8 Å². The van der Waals surface area contributed by atoms with Gasteiger partial charge in [0, 0.05) is 25.7 Å². The van der Waals surface area contributed by atoms with Crippen molar-refractivity contribution in [2.75, 3.05) is 33.9 Å². The summed E-state index contributed by atoms with van der Waals surface area (Å²) in [5.74, 6) is 1.53. The molecule has 0 fully saturated rings. The van der Waals surface area contributed by atoms with E-state index in [1.807, 2.05) is 46.0 Å². The van der Waals surface area contributed by atoms with Crippen LogP contribution in [0.2, 0.25) is 0 Å². The molecule has 1 aromatic carbocycles. The number of imidazole rings is 1. The van der Waals surface area contributed by atoms with Crippen molar-refractivity contribution < 1.29 is 19.1 Å². The van der Waals surface area contributed by atoms with Crippen LogP contribution >= 0.6 is 0 Å². The number of hydrogen-bond donors (Lipinski definition) is 2. The topological polar surface area (TPSA) is 97.7 Å². The molecule has 4 rings (SSSR count). The highest BCUT2D eigenvalue weighted by Gasteiger charge is 2.34. The number of hydrogen-bond acceptors (Lipinski definition) is 6. The molecular weight excluding hydrogens is 422 g/mol. The Hall–Kier alpha value is -3.07. The van der Waals surface area contributed by atoms with Crippen LogP contribution in [0.4, 0.5) is 0 Å². The Morgan fingerprint density at radius 2 is 1.85 bits per heavy atom. The number of carbonyl (C=O) groups is 2. The minimum atomic E-state index is -0.686. The summed E-state index contributed by atoms with van der Waals surface area (Å²) in [4.78, 5) is 32.9. The second-order valence-corrected chi connectivity index (χ2v) is 9.72. The minimum absolute atomic E-state index is 0.231. The summed E-state index contributed by atoms with van der Waals surface area (Å²) < 4.78 is 13.5. The number of nitrogens with zero attached hydrogens (tertiary/aromatic N) is 3. The Morgan fingerprint density at radius 3 is 2.55 bits per heavy atom. The molecule has 9 nitrogen and oxygen atoms in total. The quantitative estimate of drug-likeness (QED) is 0.732. The molecule has 3 heterocycles. The van der Waals surface area contributed by atoms with Crippen molar-refractivity contribution in [3.8, 4) is 22.9 Å². The fraction of sp³-hybridized carbons (Fsp3) is 0.542. The first-order valence-corrected chi connectivity index (χ1v) is 11.4. The molecule has 0 radical (unpaired) electrons. The average molecular weight is 456 g/mol. The van der Waals surface area contributed by atoms with Crippen LogP contribution in [0.25, 0.3) is 11.4 Å². The van der Waals surface area contributed by atoms with Crippen molar-refractivity contribution in [2.24, 2.45) is 5.41 Å². The van der Waals surface area contributed by atoms with Gasteiger partial charge in [0.1, 0.15) is 25.1 Å². The number of amides is 2. The lowest BCUT2D eigenvalue weighted by Gasteiger charge is -2.29. The molecule has 2 N–H and O–H groups in total. The molecular formula is C24H33N5O4. The van der Waals surface area contributed by atoms with Gasteiger partial charge >= 0.3 is 0 Å². The van der Waals surface area contributed by atoms with E-state index in [1.165, 1.54) is 0 Å². The Labute approximate surface area is 194 Å². The number of aromatic nitrogens is 2. The third-order valence-corrected chi connectivity index (χ3v) is 6.08. The zero-order chi connectivity index (χ0) is 23.8. The van der Waals surface area contributed by atoms with E-state index in [-0.39, 0.29) is 11.8 Å². The summed E-state index contributed by atoms with van der Waals surface area (Å²) in [7, 11) is 3.61. The van der Waals surface area contributed by atoms with E-state index in [4.69, 9.17) is 14.5 Å². The van der Waals surface area contributed by atoms with E-state index in [1.54, 1.807) is 7.05 Å². The van der Waals surface area contributed by atoms with Gasteiger partial charge in [-0.05, 0) is 43.6 Å². The molecule has 2 aromatic rings. The smallest absolute Gasteiger partial charge is 0.272 e. The normalized spacial score (nSPS) is 17.0. The first-order valence-electron chi connectivity index (χ1n) is 11.4. The monoisotopic (exact) mass is 455 g/mol. The molecule has 2 amide bonds. The highest BCUT2D eigenvalue weighted by atomic mass is 16.6.